The van der Waals surface area contributed by atoms with Crippen LogP contribution in [0.15, 0.2) is 94.1 Å². The Bertz CT molecular complexity index is 1520. The molecule has 162 valence electrons. The molecule has 33 heavy (non-hydrogen) atoms. The summed E-state index contributed by atoms with van der Waals surface area (Å²) in [5.74, 6) is 0.143. The van der Waals surface area contributed by atoms with Gasteiger partial charge >= 0.3 is 5.63 Å². The second-order valence-electron chi connectivity index (χ2n) is 7.47. The molecule has 0 atom stereocenters. The van der Waals surface area contributed by atoms with Gasteiger partial charge in [0.2, 0.25) is 0 Å². The molecular formula is C27H18FNO4. The van der Waals surface area contributed by atoms with E-state index in [1.165, 1.54) is 12.1 Å². The number of benzene rings is 3. The lowest BCUT2D eigenvalue weighted by molar-refractivity contribution is 0.415. The van der Waals surface area contributed by atoms with Gasteiger partial charge in [0.1, 0.15) is 28.5 Å². The van der Waals surface area contributed by atoms with Crippen molar-refractivity contribution >= 4 is 11.0 Å². The molecule has 0 aliphatic heterocycles. The van der Waals surface area contributed by atoms with E-state index in [2.05, 4.69) is 4.98 Å². The van der Waals surface area contributed by atoms with Crippen molar-refractivity contribution in [2.24, 2.45) is 0 Å². The van der Waals surface area contributed by atoms with E-state index in [1.807, 2.05) is 30.3 Å². The van der Waals surface area contributed by atoms with Crippen LogP contribution in [0.4, 0.5) is 4.39 Å². The molecule has 5 aromatic rings. The van der Waals surface area contributed by atoms with Crippen LogP contribution in [0.3, 0.4) is 0 Å². The third-order valence-electron chi connectivity index (χ3n) is 5.43. The minimum atomic E-state index is -0.698. The average molecular weight is 439 g/mol. The highest BCUT2D eigenvalue weighted by Crippen LogP contribution is 2.36. The summed E-state index contributed by atoms with van der Waals surface area (Å²) in [4.78, 5) is 17.5. The van der Waals surface area contributed by atoms with Crippen LogP contribution in [-0.2, 0) is 0 Å². The SMILES string of the molecule is COc1ccc(-c2cc(-c3ccc(F)cc3)nc(-c3c(O)c4ccccc4oc3=O)c2)cc1. The zero-order valence-corrected chi connectivity index (χ0v) is 17.6. The predicted molar refractivity (Wildman–Crippen MR) is 125 cm³/mol. The molecule has 0 aliphatic carbocycles. The minimum absolute atomic E-state index is 0.0348. The quantitative estimate of drug-likeness (QED) is 0.346. The molecule has 0 aliphatic rings. The van der Waals surface area contributed by atoms with E-state index >= 15 is 0 Å². The van der Waals surface area contributed by atoms with Crippen molar-refractivity contribution in [3.63, 3.8) is 0 Å². The maximum atomic E-state index is 13.5. The summed E-state index contributed by atoms with van der Waals surface area (Å²) in [6.45, 7) is 0. The smallest absolute Gasteiger partial charge is 0.349 e. The lowest BCUT2D eigenvalue weighted by atomic mass is 9.99. The van der Waals surface area contributed by atoms with Crippen LogP contribution in [0, 0.1) is 5.82 Å². The molecule has 0 bridgehead atoms. The first-order chi connectivity index (χ1) is 16.0. The number of halogens is 1. The number of ether oxygens (including phenoxy) is 1. The Labute approximate surface area is 188 Å². The fourth-order valence-electron chi connectivity index (χ4n) is 3.74. The second-order valence-corrected chi connectivity index (χ2v) is 7.47. The zero-order chi connectivity index (χ0) is 22.9. The Morgan fingerprint density at radius 2 is 1.52 bits per heavy atom. The number of pyridine rings is 1. The maximum absolute atomic E-state index is 13.5. The highest BCUT2D eigenvalue weighted by Gasteiger charge is 2.19. The third kappa shape index (κ3) is 3.83. The summed E-state index contributed by atoms with van der Waals surface area (Å²) in [5, 5.41) is 11.4. The summed E-state index contributed by atoms with van der Waals surface area (Å²) >= 11 is 0. The monoisotopic (exact) mass is 439 g/mol. The van der Waals surface area contributed by atoms with Crippen LogP contribution in [0.25, 0.3) is 44.6 Å². The number of methoxy groups -OCH3 is 1. The summed E-state index contributed by atoms with van der Waals surface area (Å²) in [6.07, 6.45) is 0. The highest BCUT2D eigenvalue weighted by molar-refractivity contribution is 5.90. The number of hydrogen-bond donors (Lipinski definition) is 1. The number of fused-ring (bicyclic) bond motifs is 1. The van der Waals surface area contributed by atoms with Gasteiger partial charge in [-0.2, -0.15) is 0 Å². The molecule has 0 fully saturated rings. The molecule has 0 saturated carbocycles. The van der Waals surface area contributed by atoms with Crippen LogP contribution in [0.2, 0.25) is 0 Å². The standard InChI is InChI=1S/C27H18FNO4/c1-32-20-12-8-16(9-13-20)18-14-22(17-6-10-19(28)11-7-17)29-23(15-18)25-26(30)21-4-2-3-5-24(21)33-27(25)31/h2-15,30H,1H3. The van der Waals surface area contributed by atoms with Gasteiger partial charge in [0, 0.05) is 5.56 Å². The van der Waals surface area contributed by atoms with Gasteiger partial charge in [-0.05, 0) is 71.8 Å². The van der Waals surface area contributed by atoms with E-state index in [9.17, 15) is 14.3 Å². The van der Waals surface area contributed by atoms with Crippen LogP contribution in [-0.4, -0.2) is 17.2 Å². The molecule has 3 aromatic carbocycles. The number of hydrogen-bond acceptors (Lipinski definition) is 5. The Hall–Kier alpha value is -4.45. The van der Waals surface area contributed by atoms with Gasteiger partial charge in [-0.25, -0.2) is 14.2 Å². The zero-order valence-electron chi connectivity index (χ0n) is 17.6. The average Bonchev–Trinajstić information content (AvgIpc) is 2.84. The first-order valence-corrected chi connectivity index (χ1v) is 10.2. The summed E-state index contributed by atoms with van der Waals surface area (Å²) in [5.41, 5.74) is 2.60. The van der Waals surface area contributed by atoms with E-state index in [-0.39, 0.29) is 28.4 Å². The molecule has 0 saturated heterocycles. The van der Waals surface area contributed by atoms with E-state index < -0.39 is 5.63 Å². The van der Waals surface area contributed by atoms with Crippen molar-refractivity contribution in [2.75, 3.05) is 7.11 Å². The van der Waals surface area contributed by atoms with Crippen LogP contribution in [0.1, 0.15) is 0 Å². The second kappa shape index (κ2) is 8.24. The fourth-order valence-corrected chi connectivity index (χ4v) is 3.74. The van der Waals surface area contributed by atoms with Gasteiger partial charge in [0.15, 0.2) is 0 Å². The summed E-state index contributed by atoms with van der Waals surface area (Å²) < 4.78 is 24.2. The van der Waals surface area contributed by atoms with Gasteiger partial charge in [0.25, 0.3) is 0 Å². The molecule has 5 rings (SSSR count). The Morgan fingerprint density at radius 1 is 0.848 bits per heavy atom. The number of para-hydroxylation sites is 1. The molecular weight excluding hydrogens is 421 g/mol. The molecule has 0 radical (unpaired) electrons. The van der Waals surface area contributed by atoms with Crippen molar-refractivity contribution < 1.29 is 18.7 Å². The molecule has 2 aromatic heterocycles. The van der Waals surface area contributed by atoms with Crippen molar-refractivity contribution in [2.45, 2.75) is 0 Å². The normalized spacial score (nSPS) is 11.0. The van der Waals surface area contributed by atoms with Gasteiger partial charge < -0.3 is 14.3 Å². The Morgan fingerprint density at radius 3 is 2.24 bits per heavy atom. The number of aromatic nitrogens is 1. The van der Waals surface area contributed by atoms with E-state index in [4.69, 9.17) is 9.15 Å². The lowest BCUT2D eigenvalue weighted by Gasteiger charge is -2.12. The number of rotatable bonds is 4. The van der Waals surface area contributed by atoms with Gasteiger partial charge in [0.05, 0.1) is 23.9 Å². The van der Waals surface area contributed by atoms with E-state index in [0.29, 0.717) is 22.4 Å². The summed E-state index contributed by atoms with van der Waals surface area (Å²) in [6, 6.07) is 23.7. The van der Waals surface area contributed by atoms with Crippen LogP contribution >= 0.6 is 0 Å². The molecule has 0 spiro atoms. The van der Waals surface area contributed by atoms with Gasteiger partial charge in [-0.1, -0.05) is 24.3 Å². The first-order valence-electron chi connectivity index (χ1n) is 10.2. The van der Waals surface area contributed by atoms with Gasteiger partial charge in [-0.15, -0.1) is 0 Å². The molecule has 5 nitrogen and oxygen atoms in total. The number of nitrogens with zero attached hydrogens (tertiary/aromatic N) is 1. The predicted octanol–water partition coefficient (Wildman–Crippen LogP) is 6.04. The van der Waals surface area contributed by atoms with Crippen molar-refractivity contribution in [3.05, 3.63) is 101 Å². The molecule has 0 unspecified atom stereocenters. The fraction of sp³-hybridized carbons (Fsp3) is 0.0370. The maximum Gasteiger partial charge on any atom is 0.349 e. The lowest BCUT2D eigenvalue weighted by Crippen LogP contribution is -2.05. The van der Waals surface area contributed by atoms with Crippen LogP contribution < -0.4 is 10.4 Å². The minimum Gasteiger partial charge on any atom is -0.506 e. The van der Waals surface area contributed by atoms with Crippen molar-refractivity contribution in [1.29, 1.82) is 0 Å². The first kappa shape index (κ1) is 20.5. The molecule has 2 heterocycles. The summed E-state index contributed by atoms with van der Waals surface area (Å²) in [7, 11) is 1.59. The topological polar surface area (TPSA) is 72.6 Å². The largest absolute Gasteiger partial charge is 0.506 e. The molecule has 1 N–H and O–H groups in total. The van der Waals surface area contributed by atoms with E-state index in [0.717, 1.165) is 11.1 Å². The van der Waals surface area contributed by atoms with E-state index in [1.54, 1.807) is 49.6 Å². The third-order valence-corrected chi connectivity index (χ3v) is 5.43. The Kier molecular flexibility index (Phi) is 5.11. The van der Waals surface area contributed by atoms with Crippen molar-refractivity contribution in [1.82, 2.24) is 4.98 Å². The Balaban J connectivity index is 1.76. The molecule has 6 heteroatoms. The number of aromatic hydroxyl groups is 1. The molecule has 0 amide bonds. The van der Waals surface area contributed by atoms with Crippen molar-refractivity contribution in [3.8, 4) is 45.1 Å². The highest BCUT2D eigenvalue weighted by atomic mass is 19.1. The van der Waals surface area contributed by atoms with Gasteiger partial charge in [-0.3, -0.25) is 0 Å². The van der Waals surface area contributed by atoms with Crippen LogP contribution in [0.5, 0.6) is 11.5 Å².